The molecule has 20 heavy (non-hydrogen) atoms. The van der Waals surface area contributed by atoms with Crippen molar-refractivity contribution < 1.29 is 9.15 Å². The molecule has 108 valence electrons. The average Bonchev–Trinajstić information content (AvgIpc) is 2.81. The number of H-pyrrole nitrogens is 1. The van der Waals surface area contributed by atoms with Gasteiger partial charge in [0.1, 0.15) is 12.4 Å². The lowest BCUT2D eigenvalue weighted by atomic mass is 9.96. The summed E-state index contributed by atoms with van der Waals surface area (Å²) in [6.07, 6.45) is 1.74. The van der Waals surface area contributed by atoms with Crippen LogP contribution in [0, 0.1) is 4.84 Å². The first-order valence-electron chi connectivity index (χ1n) is 6.91. The third-order valence-electron chi connectivity index (χ3n) is 3.27. The Morgan fingerprint density at radius 2 is 1.95 bits per heavy atom. The molecule has 1 N–H and O–H groups in total. The molecule has 4 heteroatoms. The van der Waals surface area contributed by atoms with Crippen molar-refractivity contribution in [1.82, 2.24) is 4.98 Å². The maximum Gasteiger partial charge on any atom is 0.266 e. The van der Waals surface area contributed by atoms with Crippen molar-refractivity contribution in [3.05, 3.63) is 46.1 Å². The number of nitrogens with one attached hydrogen (secondary N) is 1. The number of hydrogen-bond acceptors (Lipinski definition) is 3. The second-order valence-electron chi connectivity index (χ2n) is 5.54. The molecule has 0 unspecified atom stereocenters. The van der Waals surface area contributed by atoms with Crippen molar-refractivity contribution in [2.45, 2.75) is 46.1 Å². The van der Waals surface area contributed by atoms with Gasteiger partial charge in [-0.05, 0) is 41.2 Å². The van der Waals surface area contributed by atoms with E-state index in [2.05, 4.69) is 50.9 Å². The minimum atomic E-state index is 0.378. The Hall–Kier alpha value is -1.55. The normalized spacial score (nSPS) is 11.3. The highest BCUT2D eigenvalue weighted by Gasteiger charge is 2.11. The zero-order chi connectivity index (χ0) is 14.7. The van der Waals surface area contributed by atoms with Gasteiger partial charge in [-0.2, -0.15) is 0 Å². The molecule has 1 heterocycles. The van der Waals surface area contributed by atoms with Crippen LogP contribution in [0.15, 0.2) is 28.8 Å². The lowest BCUT2D eigenvalue weighted by Crippen LogP contribution is -2.01. The van der Waals surface area contributed by atoms with Crippen LogP contribution in [0.25, 0.3) is 0 Å². The molecule has 0 saturated carbocycles. The quantitative estimate of drug-likeness (QED) is 0.773. The first-order valence-corrected chi connectivity index (χ1v) is 7.32. The standard InChI is InChI=1S/C16H21NO2S/c1-10(2)12-5-6-14(11(3)4)15(7-12)18-9-13-8-17-16(20)19-13/h5-8,10-11H,9H2,1-4H3,(H,17,20). The SMILES string of the molecule is CC(C)c1ccc(C(C)C)c(OCc2c[nH]c(=S)o2)c1. The summed E-state index contributed by atoms with van der Waals surface area (Å²) >= 11 is 4.91. The molecule has 0 spiro atoms. The maximum absolute atomic E-state index is 5.93. The minimum absolute atomic E-state index is 0.378. The lowest BCUT2D eigenvalue weighted by Gasteiger charge is -2.16. The van der Waals surface area contributed by atoms with Gasteiger partial charge in [0.05, 0.1) is 0 Å². The summed E-state index contributed by atoms with van der Waals surface area (Å²) in [5.41, 5.74) is 2.49. The van der Waals surface area contributed by atoms with Gasteiger partial charge >= 0.3 is 0 Å². The summed E-state index contributed by atoms with van der Waals surface area (Å²) in [6.45, 7) is 9.07. The van der Waals surface area contributed by atoms with Crippen LogP contribution in [-0.2, 0) is 6.61 Å². The molecule has 0 aliphatic heterocycles. The Morgan fingerprint density at radius 1 is 1.20 bits per heavy atom. The van der Waals surface area contributed by atoms with E-state index in [1.807, 2.05) is 0 Å². The summed E-state index contributed by atoms with van der Waals surface area (Å²) in [5.74, 6) is 2.53. The highest BCUT2D eigenvalue weighted by Crippen LogP contribution is 2.30. The first-order chi connectivity index (χ1) is 9.47. The molecule has 0 aliphatic carbocycles. The van der Waals surface area contributed by atoms with Gasteiger partial charge in [-0.15, -0.1) is 0 Å². The molecule has 0 fully saturated rings. The third-order valence-corrected chi connectivity index (χ3v) is 3.47. The van der Waals surface area contributed by atoms with Crippen LogP contribution < -0.4 is 4.74 Å². The van der Waals surface area contributed by atoms with Crippen LogP contribution in [0.4, 0.5) is 0 Å². The topological polar surface area (TPSA) is 38.2 Å². The molecular formula is C16H21NO2S. The van der Waals surface area contributed by atoms with E-state index in [4.69, 9.17) is 21.4 Å². The van der Waals surface area contributed by atoms with Gasteiger partial charge < -0.3 is 14.1 Å². The molecule has 2 rings (SSSR count). The van der Waals surface area contributed by atoms with Crippen molar-refractivity contribution >= 4 is 12.2 Å². The molecule has 1 aromatic heterocycles. The molecule has 0 atom stereocenters. The van der Waals surface area contributed by atoms with Crippen molar-refractivity contribution in [1.29, 1.82) is 0 Å². The third kappa shape index (κ3) is 3.51. The molecule has 2 aromatic rings. The number of ether oxygens (including phenoxy) is 1. The molecule has 3 nitrogen and oxygen atoms in total. The first kappa shape index (κ1) is 14.9. The van der Waals surface area contributed by atoms with E-state index in [9.17, 15) is 0 Å². The number of oxazole rings is 1. The van der Waals surface area contributed by atoms with Gasteiger partial charge in [0.25, 0.3) is 4.84 Å². The average molecular weight is 291 g/mol. The fraction of sp³-hybridized carbons (Fsp3) is 0.438. The van der Waals surface area contributed by atoms with Gasteiger partial charge in [0.15, 0.2) is 5.76 Å². The van der Waals surface area contributed by atoms with Gasteiger partial charge in [-0.25, -0.2) is 0 Å². The summed E-state index contributed by atoms with van der Waals surface area (Å²) in [4.78, 5) is 3.22. The van der Waals surface area contributed by atoms with E-state index in [1.165, 1.54) is 11.1 Å². The number of aromatic nitrogens is 1. The van der Waals surface area contributed by atoms with E-state index in [0.29, 0.717) is 29.0 Å². The maximum atomic E-state index is 5.93. The fourth-order valence-corrected chi connectivity index (χ4v) is 2.22. The highest BCUT2D eigenvalue weighted by atomic mass is 32.1. The van der Waals surface area contributed by atoms with Gasteiger partial charge in [0.2, 0.25) is 0 Å². The zero-order valence-electron chi connectivity index (χ0n) is 12.4. The number of hydrogen-bond donors (Lipinski definition) is 1. The van der Waals surface area contributed by atoms with E-state index < -0.39 is 0 Å². The predicted molar refractivity (Wildman–Crippen MR) is 82.8 cm³/mol. The summed E-state index contributed by atoms with van der Waals surface area (Å²) < 4.78 is 11.2. The molecule has 1 aromatic carbocycles. The second kappa shape index (κ2) is 6.27. The van der Waals surface area contributed by atoms with Crippen LogP contribution in [-0.4, -0.2) is 4.98 Å². The Kier molecular flexibility index (Phi) is 4.65. The summed E-state index contributed by atoms with van der Waals surface area (Å²) in [6, 6.07) is 6.46. The van der Waals surface area contributed by atoms with Crippen LogP contribution in [0.2, 0.25) is 0 Å². The molecule has 0 bridgehead atoms. The minimum Gasteiger partial charge on any atom is -0.485 e. The molecule has 0 saturated heterocycles. The van der Waals surface area contributed by atoms with Crippen molar-refractivity contribution in [3.8, 4) is 5.75 Å². The largest absolute Gasteiger partial charge is 0.485 e. The smallest absolute Gasteiger partial charge is 0.266 e. The number of benzene rings is 1. The Bertz CT molecular complexity index is 625. The summed E-state index contributed by atoms with van der Waals surface area (Å²) in [5, 5.41) is 0. The van der Waals surface area contributed by atoms with Gasteiger partial charge in [-0.3, -0.25) is 0 Å². The van der Waals surface area contributed by atoms with E-state index >= 15 is 0 Å². The molecule has 0 aliphatic rings. The second-order valence-corrected chi connectivity index (χ2v) is 5.91. The Labute approximate surface area is 125 Å². The van der Waals surface area contributed by atoms with Crippen LogP contribution in [0.5, 0.6) is 5.75 Å². The molecule has 0 amide bonds. The number of aromatic amines is 1. The van der Waals surface area contributed by atoms with Crippen molar-refractivity contribution in [2.24, 2.45) is 0 Å². The van der Waals surface area contributed by atoms with Crippen LogP contribution >= 0.6 is 12.2 Å². The van der Waals surface area contributed by atoms with Crippen LogP contribution in [0.3, 0.4) is 0 Å². The van der Waals surface area contributed by atoms with E-state index in [-0.39, 0.29) is 0 Å². The highest BCUT2D eigenvalue weighted by molar-refractivity contribution is 7.71. The molecular weight excluding hydrogens is 270 g/mol. The molecule has 0 radical (unpaired) electrons. The van der Waals surface area contributed by atoms with Gasteiger partial charge in [0, 0.05) is 6.20 Å². The van der Waals surface area contributed by atoms with Crippen molar-refractivity contribution in [2.75, 3.05) is 0 Å². The number of rotatable bonds is 5. The zero-order valence-corrected chi connectivity index (χ0v) is 13.2. The Balaban J connectivity index is 2.23. The van der Waals surface area contributed by atoms with Crippen LogP contribution in [0.1, 0.15) is 56.4 Å². The van der Waals surface area contributed by atoms with Crippen molar-refractivity contribution in [3.63, 3.8) is 0 Å². The van der Waals surface area contributed by atoms with E-state index in [1.54, 1.807) is 6.20 Å². The monoisotopic (exact) mass is 291 g/mol. The Morgan fingerprint density at radius 3 is 2.50 bits per heavy atom. The summed E-state index contributed by atoms with van der Waals surface area (Å²) in [7, 11) is 0. The predicted octanol–water partition coefficient (Wildman–Crippen LogP) is 5.16. The fourth-order valence-electron chi connectivity index (χ4n) is 2.05. The van der Waals surface area contributed by atoms with Gasteiger partial charge in [-0.1, -0.05) is 39.8 Å². The lowest BCUT2D eigenvalue weighted by molar-refractivity contribution is 0.265. The van der Waals surface area contributed by atoms with E-state index in [0.717, 1.165) is 5.75 Å².